The van der Waals surface area contributed by atoms with Gasteiger partial charge in [0.25, 0.3) is 0 Å². The van der Waals surface area contributed by atoms with Gasteiger partial charge in [-0.25, -0.2) is 4.98 Å². The van der Waals surface area contributed by atoms with Crippen LogP contribution in [0, 0.1) is 12.3 Å². The van der Waals surface area contributed by atoms with Gasteiger partial charge in [-0.2, -0.15) is 0 Å². The van der Waals surface area contributed by atoms with Crippen molar-refractivity contribution in [3.05, 3.63) is 11.1 Å². The highest BCUT2D eigenvalue weighted by Gasteiger charge is 2.25. The molecule has 0 atom stereocenters. The molecule has 0 aliphatic carbocycles. The second kappa shape index (κ2) is 6.40. The first kappa shape index (κ1) is 14.5. The van der Waals surface area contributed by atoms with Gasteiger partial charge in [0.05, 0.1) is 5.41 Å². The Labute approximate surface area is 111 Å². The summed E-state index contributed by atoms with van der Waals surface area (Å²) in [6.07, 6.45) is 2.73. The third kappa shape index (κ3) is 5.08. The molecule has 1 aromatic rings. The predicted octanol–water partition coefficient (Wildman–Crippen LogP) is 3.82. The summed E-state index contributed by atoms with van der Waals surface area (Å²) < 4.78 is 1.11. The predicted molar refractivity (Wildman–Crippen MR) is 72.8 cm³/mol. The van der Waals surface area contributed by atoms with E-state index in [2.05, 4.69) is 10.4 Å². The lowest BCUT2D eigenvalue weighted by atomic mass is 9.88. The van der Waals surface area contributed by atoms with Crippen molar-refractivity contribution in [1.29, 1.82) is 0 Å². The fraction of sp³-hybridized carbons (Fsp3) is 0.667. The highest BCUT2D eigenvalue weighted by molar-refractivity contribution is 8.00. The molecule has 1 N–H and O–H groups in total. The Morgan fingerprint density at radius 2 is 2.24 bits per heavy atom. The Bertz CT molecular complexity index is 374. The molecule has 0 spiro atoms. The van der Waals surface area contributed by atoms with Gasteiger partial charge in [0.15, 0.2) is 0 Å². The summed E-state index contributed by atoms with van der Waals surface area (Å²) in [5, 5.41) is 11.0. The van der Waals surface area contributed by atoms with Crippen LogP contribution in [0.15, 0.2) is 9.72 Å². The number of carboxylic acids is 1. The number of aromatic nitrogens is 1. The molecule has 5 heteroatoms. The zero-order chi connectivity index (χ0) is 12.9. The lowest BCUT2D eigenvalue weighted by Crippen LogP contribution is -2.23. The third-order valence-electron chi connectivity index (χ3n) is 2.60. The van der Waals surface area contributed by atoms with Crippen molar-refractivity contribution in [2.45, 2.75) is 44.4 Å². The number of aliphatic carboxylic acids is 1. The van der Waals surface area contributed by atoms with Crippen LogP contribution in [0.5, 0.6) is 0 Å². The summed E-state index contributed by atoms with van der Waals surface area (Å²) >= 11 is 3.44. The summed E-state index contributed by atoms with van der Waals surface area (Å²) in [5.41, 5.74) is 0.479. The number of hydrogen-bond acceptors (Lipinski definition) is 4. The number of carbonyl (C=O) groups is 1. The van der Waals surface area contributed by atoms with E-state index < -0.39 is 11.4 Å². The Kier molecular flexibility index (Phi) is 5.46. The first-order chi connectivity index (χ1) is 7.92. The average Bonchev–Trinajstić information content (AvgIpc) is 2.63. The second-order valence-electron chi connectivity index (χ2n) is 4.75. The number of thiazole rings is 1. The fourth-order valence-electron chi connectivity index (χ4n) is 1.33. The van der Waals surface area contributed by atoms with E-state index in [1.54, 1.807) is 36.9 Å². The largest absolute Gasteiger partial charge is 0.481 e. The third-order valence-corrected chi connectivity index (χ3v) is 4.82. The van der Waals surface area contributed by atoms with Gasteiger partial charge in [-0.15, -0.1) is 11.3 Å². The normalized spacial score (nSPS) is 11.7. The van der Waals surface area contributed by atoms with Crippen LogP contribution in [0.2, 0.25) is 0 Å². The zero-order valence-electron chi connectivity index (χ0n) is 10.5. The number of nitrogens with zero attached hydrogens (tertiary/aromatic N) is 1. The van der Waals surface area contributed by atoms with Gasteiger partial charge in [0.2, 0.25) is 0 Å². The van der Waals surface area contributed by atoms with E-state index in [0.29, 0.717) is 0 Å². The van der Waals surface area contributed by atoms with Crippen LogP contribution in [0.25, 0.3) is 0 Å². The topological polar surface area (TPSA) is 50.2 Å². The molecule has 1 heterocycles. The van der Waals surface area contributed by atoms with E-state index >= 15 is 0 Å². The smallest absolute Gasteiger partial charge is 0.309 e. The molecule has 1 rings (SSSR count). The average molecular weight is 273 g/mol. The summed E-state index contributed by atoms with van der Waals surface area (Å²) in [5.74, 6) is 0.309. The number of carboxylic acid groups (broad SMARTS) is 1. The molecular weight excluding hydrogens is 254 g/mol. The molecule has 0 saturated heterocycles. The van der Waals surface area contributed by atoms with E-state index in [9.17, 15) is 4.79 Å². The van der Waals surface area contributed by atoms with Crippen molar-refractivity contribution in [3.8, 4) is 0 Å². The van der Waals surface area contributed by atoms with Gasteiger partial charge >= 0.3 is 5.97 Å². The first-order valence-electron chi connectivity index (χ1n) is 5.70. The van der Waals surface area contributed by atoms with Crippen molar-refractivity contribution in [1.82, 2.24) is 4.98 Å². The number of thioether (sulfide) groups is 1. The molecule has 0 unspecified atom stereocenters. The number of unbranched alkanes of at least 4 members (excludes halogenated alkanes) is 1. The van der Waals surface area contributed by atoms with Crippen LogP contribution in [-0.2, 0) is 4.79 Å². The van der Waals surface area contributed by atoms with E-state index in [-0.39, 0.29) is 0 Å². The molecule has 1 aromatic heterocycles. The first-order valence-corrected chi connectivity index (χ1v) is 7.57. The molecule has 96 valence electrons. The van der Waals surface area contributed by atoms with Crippen LogP contribution in [0.1, 0.15) is 38.8 Å². The maximum atomic E-state index is 10.9. The van der Waals surface area contributed by atoms with E-state index in [0.717, 1.165) is 35.0 Å². The van der Waals surface area contributed by atoms with Gasteiger partial charge in [-0.1, -0.05) is 18.2 Å². The minimum Gasteiger partial charge on any atom is -0.481 e. The van der Waals surface area contributed by atoms with Crippen molar-refractivity contribution >= 4 is 29.1 Å². The van der Waals surface area contributed by atoms with E-state index in [1.165, 1.54) is 0 Å². The number of aryl methyl sites for hydroxylation is 1. The van der Waals surface area contributed by atoms with Crippen molar-refractivity contribution in [3.63, 3.8) is 0 Å². The van der Waals surface area contributed by atoms with Crippen LogP contribution in [0.4, 0.5) is 0 Å². The minimum absolute atomic E-state index is 0.595. The summed E-state index contributed by atoms with van der Waals surface area (Å²) in [4.78, 5) is 15.3. The Morgan fingerprint density at radius 3 is 2.76 bits per heavy atom. The molecule has 0 aromatic carbocycles. The maximum Gasteiger partial charge on any atom is 0.309 e. The molecule has 0 aliphatic rings. The van der Waals surface area contributed by atoms with E-state index in [4.69, 9.17) is 5.11 Å². The monoisotopic (exact) mass is 273 g/mol. The maximum absolute atomic E-state index is 10.9. The molecule has 17 heavy (non-hydrogen) atoms. The van der Waals surface area contributed by atoms with Crippen LogP contribution in [-0.4, -0.2) is 21.8 Å². The second-order valence-corrected chi connectivity index (χ2v) is 6.95. The number of rotatable bonds is 7. The molecular formula is C12H19NO2S2. The lowest BCUT2D eigenvalue weighted by Gasteiger charge is -2.18. The van der Waals surface area contributed by atoms with Crippen molar-refractivity contribution < 1.29 is 9.90 Å². The Morgan fingerprint density at radius 1 is 1.53 bits per heavy atom. The van der Waals surface area contributed by atoms with Gasteiger partial charge in [-0.3, -0.25) is 4.79 Å². The van der Waals surface area contributed by atoms with Gasteiger partial charge in [-0.05, 0) is 33.6 Å². The standard InChI is InChI=1S/C12H19NO2S2/c1-9-8-17-11(13-9)16-7-5-4-6-12(2,3)10(14)15/h8H,4-7H2,1-3H3,(H,14,15). The molecule has 3 nitrogen and oxygen atoms in total. The molecule has 0 bridgehead atoms. The van der Waals surface area contributed by atoms with Gasteiger partial charge < -0.3 is 5.11 Å². The van der Waals surface area contributed by atoms with Gasteiger partial charge in [0, 0.05) is 16.8 Å². The lowest BCUT2D eigenvalue weighted by molar-refractivity contribution is -0.147. The zero-order valence-corrected chi connectivity index (χ0v) is 12.2. The molecule has 0 fully saturated rings. The van der Waals surface area contributed by atoms with E-state index in [1.807, 2.05) is 6.92 Å². The fourth-order valence-corrected chi connectivity index (χ4v) is 3.25. The van der Waals surface area contributed by atoms with Crippen LogP contribution < -0.4 is 0 Å². The Balaban J connectivity index is 2.15. The van der Waals surface area contributed by atoms with Crippen LogP contribution in [0.3, 0.4) is 0 Å². The summed E-state index contributed by atoms with van der Waals surface area (Å²) in [6, 6.07) is 0. The molecule has 0 saturated carbocycles. The minimum atomic E-state index is -0.708. The van der Waals surface area contributed by atoms with Gasteiger partial charge in [0.1, 0.15) is 4.34 Å². The van der Waals surface area contributed by atoms with Crippen molar-refractivity contribution in [2.24, 2.45) is 5.41 Å². The molecule has 0 amide bonds. The molecule has 0 radical (unpaired) electrons. The highest BCUT2D eigenvalue weighted by Crippen LogP contribution is 2.26. The number of hydrogen-bond donors (Lipinski definition) is 1. The highest BCUT2D eigenvalue weighted by atomic mass is 32.2. The SMILES string of the molecule is Cc1csc(SCCCCC(C)(C)C(=O)O)n1. The summed E-state index contributed by atoms with van der Waals surface area (Å²) in [7, 11) is 0. The molecule has 0 aliphatic heterocycles. The Hall–Kier alpha value is -0.550. The van der Waals surface area contributed by atoms with Crippen LogP contribution >= 0.6 is 23.1 Å². The van der Waals surface area contributed by atoms with Crippen molar-refractivity contribution in [2.75, 3.05) is 5.75 Å². The quantitative estimate of drug-likeness (QED) is 0.606. The summed E-state index contributed by atoms with van der Waals surface area (Å²) in [6.45, 7) is 5.56.